The number of methoxy groups -OCH3 is 1. The molecule has 0 aliphatic carbocycles. The first-order chi connectivity index (χ1) is 11.4. The lowest BCUT2D eigenvalue weighted by atomic mass is 10.2. The summed E-state index contributed by atoms with van der Waals surface area (Å²) in [7, 11) is 3.30. The van der Waals surface area contributed by atoms with E-state index in [1.807, 2.05) is 20.0 Å². The Morgan fingerprint density at radius 2 is 2.04 bits per heavy atom. The van der Waals surface area contributed by atoms with E-state index in [2.05, 4.69) is 5.32 Å². The molecule has 6 heteroatoms. The molecule has 0 heterocycles. The third-order valence-electron chi connectivity index (χ3n) is 3.58. The number of ether oxygens (including phenoxy) is 1. The molecule has 2 aromatic rings. The van der Waals surface area contributed by atoms with Crippen LogP contribution in [0.2, 0.25) is 5.02 Å². The Kier molecular flexibility index (Phi) is 6.17. The zero-order chi connectivity index (χ0) is 17.7. The van der Waals surface area contributed by atoms with Crippen LogP contribution in [0.5, 0.6) is 5.75 Å². The Labute approximate surface area is 146 Å². The molecule has 128 valence electrons. The number of hydrogen-bond donors (Lipinski definition) is 2. The molecule has 4 nitrogen and oxygen atoms in total. The molecule has 2 aromatic carbocycles. The van der Waals surface area contributed by atoms with Crippen LogP contribution in [0.25, 0.3) is 0 Å². The number of hydrogen-bond acceptors (Lipinski definition) is 2. The van der Waals surface area contributed by atoms with Gasteiger partial charge in [0.05, 0.1) is 24.9 Å². The lowest BCUT2D eigenvalue weighted by molar-refractivity contribution is -0.885. The van der Waals surface area contributed by atoms with Gasteiger partial charge < -0.3 is 15.0 Å². The minimum Gasteiger partial charge on any atom is -0.494 e. The third-order valence-corrected chi connectivity index (χ3v) is 3.90. The van der Waals surface area contributed by atoms with Crippen molar-refractivity contribution in [1.29, 1.82) is 0 Å². The highest BCUT2D eigenvalue weighted by molar-refractivity contribution is 6.33. The van der Waals surface area contributed by atoms with Gasteiger partial charge in [-0.2, -0.15) is 0 Å². The van der Waals surface area contributed by atoms with Gasteiger partial charge in [0.2, 0.25) is 0 Å². The van der Waals surface area contributed by atoms with E-state index >= 15 is 0 Å². The first kappa shape index (κ1) is 18.2. The Balaban J connectivity index is 1.92. The van der Waals surface area contributed by atoms with Crippen molar-refractivity contribution in [3.63, 3.8) is 0 Å². The summed E-state index contributed by atoms with van der Waals surface area (Å²) >= 11 is 6.11. The second-order valence-corrected chi connectivity index (χ2v) is 6.22. The summed E-state index contributed by atoms with van der Waals surface area (Å²) in [5.74, 6) is -0.339. The van der Waals surface area contributed by atoms with Crippen molar-refractivity contribution in [3.8, 4) is 5.75 Å². The number of benzene rings is 2. The third kappa shape index (κ3) is 4.94. The van der Waals surface area contributed by atoms with Gasteiger partial charge in [-0.3, -0.25) is 4.79 Å². The SMILES string of the molecule is COc1ccc(C[NH+](C)CC(=O)Nc2ccc(C)cc2Cl)cc1F. The molecule has 0 spiro atoms. The molecule has 0 aliphatic heterocycles. The van der Waals surface area contributed by atoms with E-state index in [4.69, 9.17) is 16.3 Å². The van der Waals surface area contributed by atoms with Crippen LogP contribution in [0.4, 0.5) is 10.1 Å². The topological polar surface area (TPSA) is 42.8 Å². The van der Waals surface area contributed by atoms with Crippen molar-refractivity contribution < 1.29 is 18.8 Å². The number of quaternary nitrogens is 1. The van der Waals surface area contributed by atoms with E-state index in [1.54, 1.807) is 24.3 Å². The van der Waals surface area contributed by atoms with Crippen molar-refractivity contribution in [2.24, 2.45) is 0 Å². The highest BCUT2D eigenvalue weighted by Gasteiger charge is 2.13. The van der Waals surface area contributed by atoms with Crippen molar-refractivity contribution in [2.45, 2.75) is 13.5 Å². The molecule has 1 atom stereocenters. The molecule has 24 heavy (non-hydrogen) atoms. The van der Waals surface area contributed by atoms with Crippen LogP contribution in [-0.2, 0) is 11.3 Å². The Bertz CT molecular complexity index is 737. The van der Waals surface area contributed by atoms with Crippen LogP contribution in [0, 0.1) is 12.7 Å². The summed E-state index contributed by atoms with van der Waals surface area (Å²) < 4.78 is 18.6. The summed E-state index contributed by atoms with van der Waals surface area (Å²) in [5.41, 5.74) is 2.42. The number of amides is 1. The lowest BCUT2D eigenvalue weighted by Gasteiger charge is -2.15. The zero-order valence-corrected chi connectivity index (χ0v) is 14.7. The monoisotopic (exact) mass is 351 g/mol. The van der Waals surface area contributed by atoms with Gasteiger partial charge >= 0.3 is 0 Å². The Morgan fingerprint density at radius 1 is 1.29 bits per heavy atom. The molecule has 2 rings (SSSR count). The first-order valence-corrected chi connectivity index (χ1v) is 7.96. The van der Waals surface area contributed by atoms with Crippen LogP contribution < -0.4 is 15.0 Å². The fourth-order valence-electron chi connectivity index (χ4n) is 2.42. The fourth-order valence-corrected chi connectivity index (χ4v) is 2.70. The number of carbonyl (C=O) groups excluding carboxylic acids is 1. The van der Waals surface area contributed by atoms with Gasteiger partial charge in [-0.1, -0.05) is 17.7 Å². The van der Waals surface area contributed by atoms with Crippen molar-refractivity contribution >= 4 is 23.2 Å². The molecule has 0 radical (unpaired) electrons. The molecule has 0 aliphatic rings. The van der Waals surface area contributed by atoms with Crippen molar-refractivity contribution in [2.75, 3.05) is 26.0 Å². The molecule has 1 unspecified atom stereocenters. The number of anilines is 1. The molecular weight excluding hydrogens is 331 g/mol. The quantitative estimate of drug-likeness (QED) is 0.839. The maximum absolute atomic E-state index is 13.7. The van der Waals surface area contributed by atoms with Gasteiger partial charge in [0.25, 0.3) is 5.91 Å². The first-order valence-electron chi connectivity index (χ1n) is 7.58. The Morgan fingerprint density at radius 3 is 2.67 bits per heavy atom. The Hall–Kier alpha value is -2.11. The van der Waals surface area contributed by atoms with Crippen LogP contribution in [-0.4, -0.2) is 26.6 Å². The highest BCUT2D eigenvalue weighted by Crippen LogP contribution is 2.22. The van der Waals surface area contributed by atoms with Crippen molar-refractivity contribution in [1.82, 2.24) is 0 Å². The molecule has 1 amide bonds. The number of nitrogens with one attached hydrogen (secondary N) is 2. The molecule has 0 saturated heterocycles. The van der Waals surface area contributed by atoms with Gasteiger partial charge in [0.1, 0.15) is 6.54 Å². The number of rotatable bonds is 6. The largest absolute Gasteiger partial charge is 0.494 e. The smallest absolute Gasteiger partial charge is 0.279 e. The molecule has 2 N–H and O–H groups in total. The standard InChI is InChI=1S/C18H20ClFN2O2/c1-12-4-6-16(14(19)8-12)21-18(23)11-22(2)10-13-5-7-17(24-3)15(20)9-13/h4-9H,10-11H2,1-3H3,(H,21,23)/p+1. The molecule has 0 bridgehead atoms. The summed E-state index contributed by atoms with van der Waals surface area (Å²) in [6.07, 6.45) is 0. The van der Waals surface area contributed by atoms with Crippen LogP contribution in [0.15, 0.2) is 36.4 Å². The van der Waals surface area contributed by atoms with Gasteiger partial charge in [-0.25, -0.2) is 4.39 Å². The minimum absolute atomic E-state index is 0.146. The number of carbonyl (C=O) groups is 1. The van der Waals surface area contributed by atoms with Crippen molar-refractivity contribution in [3.05, 3.63) is 58.4 Å². The summed E-state index contributed by atoms with van der Waals surface area (Å²) in [5, 5.41) is 3.31. The second kappa shape index (κ2) is 8.13. The van der Waals surface area contributed by atoms with Gasteiger partial charge in [-0.15, -0.1) is 0 Å². The summed E-state index contributed by atoms with van der Waals surface area (Å²) in [4.78, 5) is 13.1. The van der Waals surface area contributed by atoms with E-state index in [0.717, 1.165) is 16.0 Å². The lowest BCUT2D eigenvalue weighted by Crippen LogP contribution is -3.08. The fraction of sp³-hybridized carbons (Fsp3) is 0.278. The van der Waals surface area contributed by atoms with Gasteiger partial charge in [0.15, 0.2) is 18.1 Å². The zero-order valence-electron chi connectivity index (χ0n) is 14.0. The maximum Gasteiger partial charge on any atom is 0.279 e. The summed E-state index contributed by atoms with van der Waals surface area (Å²) in [6.45, 7) is 2.71. The predicted molar refractivity (Wildman–Crippen MR) is 93.2 cm³/mol. The second-order valence-electron chi connectivity index (χ2n) is 5.81. The van der Waals surface area contributed by atoms with Crippen LogP contribution in [0.1, 0.15) is 11.1 Å². The van der Waals surface area contributed by atoms with Crippen LogP contribution in [0.3, 0.4) is 0 Å². The van der Waals surface area contributed by atoms with E-state index < -0.39 is 5.82 Å². The summed E-state index contributed by atoms with van der Waals surface area (Å²) in [6, 6.07) is 10.3. The number of aryl methyl sites for hydroxylation is 1. The molecule has 0 aromatic heterocycles. The van der Waals surface area contributed by atoms with E-state index in [-0.39, 0.29) is 18.2 Å². The maximum atomic E-state index is 13.7. The van der Waals surface area contributed by atoms with Gasteiger partial charge in [0, 0.05) is 5.56 Å². The predicted octanol–water partition coefficient (Wildman–Crippen LogP) is 2.45. The number of likely N-dealkylation sites (N-methyl/N-ethyl adjacent to an activating group) is 1. The average Bonchev–Trinajstić information content (AvgIpc) is 2.50. The van der Waals surface area contributed by atoms with E-state index in [9.17, 15) is 9.18 Å². The molecular formula is C18H21ClFN2O2+. The van der Waals surface area contributed by atoms with E-state index in [0.29, 0.717) is 17.3 Å². The highest BCUT2D eigenvalue weighted by atomic mass is 35.5. The van der Waals surface area contributed by atoms with E-state index in [1.165, 1.54) is 13.2 Å². The van der Waals surface area contributed by atoms with Crippen LogP contribution >= 0.6 is 11.6 Å². The molecule has 0 fully saturated rings. The normalized spacial score (nSPS) is 11.9. The van der Waals surface area contributed by atoms with Gasteiger partial charge in [-0.05, 0) is 42.8 Å². The number of halogens is 2. The minimum atomic E-state index is -0.404. The molecule has 0 saturated carbocycles. The average molecular weight is 352 g/mol.